The average molecular weight is 533 g/mol. The van der Waals surface area contributed by atoms with Gasteiger partial charge in [0.05, 0.1) is 11.1 Å². The molecule has 4 aromatic rings. The van der Waals surface area contributed by atoms with Crippen LogP contribution >= 0.6 is 0 Å². The predicted octanol–water partition coefficient (Wildman–Crippen LogP) is 5.53. The smallest absolute Gasteiger partial charge is 0.256 e. The van der Waals surface area contributed by atoms with E-state index >= 15 is 4.39 Å². The highest BCUT2D eigenvalue weighted by Crippen LogP contribution is 2.36. The number of likely N-dealkylation sites (tertiary alicyclic amines) is 1. The van der Waals surface area contributed by atoms with Gasteiger partial charge < -0.3 is 14.3 Å². The summed E-state index contributed by atoms with van der Waals surface area (Å²) in [6.45, 7) is 4.74. The topological polar surface area (TPSA) is 88.2 Å². The van der Waals surface area contributed by atoms with Gasteiger partial charge in [-0.2, -0.15) is 4.98 Å². The van der Waals surface area contributed by atoms with Crippen molar-refractivity contribution < 1.29 is 18.1 Å². The molecule has 2 aliphatic rings. The molecule has 0 N–H and O–H groups in total. The van der Waals surface area contributed by atoms with E-state index in [1.54, 1.807) is 11.0 Å². The summed E-state index contributed by atoms with van der Waals surface area (Å²) in [5, 5.41) is 4.64. The number of fused-ring (bicyclic) bond motifs is 1. The van der Waals surface area contributed by atoms with Gasteiger partial charge in [-0.3, -0.25) is 4.79 Å². The molecule has 0 aliphatic carbocycles. The van der Waals surface area contributed by atoms with E-state index in [1.165, 1.54) is 30.6 Å². The van der Waals surface area contributed by atoms with Gasteiger partial charge in [-0.25, -0.2) is 18.7 Å². The molecule has 2 saturated heterocycles. The Morgan fingerprint density at radius 2 is 1.85 bits per heavy atom. The molecule has 2 fully saturated rings. The summed E-state index contributed by atoms with van der Waals surface area (Å²) in [6.07, 6.45) is 6.68. The third-order valence-electron chi connectivity index (χ3n) is 7.69. The van der Waals surface area contributed by atoms with Crippen molar-refractivity contribution in [3.05, 3.63) is 65.6 Å². The summed E-state index contributed by atoms with van der Waals surface area (Å²) in [4.78, 5) is 30.0. The van der Waals surface area contributed by atoms with Crippen molar-refractivity contribution in [1.82, 2.24) is 25.0 Å². The molecule has 0 bridgehead atoms. The zero-order chi connectivity index (χ0) is 26.9. The minimum Gasteiger partial charge on any atom is -0.356 e. The fraction of sp³-hybridized carbons (Fsp3) is 0.414. The van der Waals surface area contributed by atoms with Gasteiger partial charge in [-0.05, 0) is 61.9 Å². The molecule has 10 heteroatoms. The molecule has 0 unspecified atom stereocenters. The number of piperidine rings is 1. The number of aryl methyl sites for hydroxylation is 1. The fourth-order valence-electron chi connectivity index (χ4n) is 5.64. The van der Waals surface area contributed by atoms with Crippen molar-refractivity contribution in [3.63, 3.8) is 0 Å². The van der Waals surface area contributed by atoms with Crippen LogP contribution in [0.25, 0.3) is 22.0 Å². The summed E-state index contributed by atoms with van der Waals surface area (Å²) in [5.41, 5.74) is 1.47. The van der Waals surface area contributed by atoms with Crippen LogP contribution in [0.2, 0.25) is 0 Å². The molecule has 202 valence electrons. The molecular weight excluding hydrogens is 502 g/mol. The number of amides is 1. The molecule has 6 rings (SSSR count). The fourth-order valence-corrected chi connectivity index (χ4v) is 5.64. The van der Waals surface area contributed by atoms with Crippen LogP contribution in [0.4, 0.5) is 14.6 Å². The van der Waals surface area contributed by atoms with Gasteiger partial charge >= 0.3 is 0 Å². The number of hydrogen-bond donors (Lipinski definition) is 0. The Hall–Kier alpha value is -3.95. The van der Waals surface area contributed by atoms with Crippen LogP contribution in [0, 0.1) is 11.6 Å². The van der Waals surface area contributed by atoms with Crippen molar-refractivity contribution in [2.24, 2.45) is 0 Å². The van der Waals surface area contributed by atoms with E-state index in [4.69, 9.17) is 4.52 Å². The lowest BCUT2D eigenvalue weighted by molar-refractivity contribution is 0.0788. The maximum atomic E-state index is 15.1. The Morgan fingerprint density at radius 1 is 1.05 bits per heavy atom. The highest BCUT2D eigenvalue weighted by Gasteiger charge is 2.28. The molecule has 0 atom stereocenters. The summed E-state index contributed by atoms with van der Waals surface area (Å²) in [6, 6.07) is 7.22. The highest BCUT2D eigenvalue weighted by molar-refractivity contribution is 6.00. The van der Waals surface area contributed by atoms with E-state index in [0.29, 0.717) is 59.9 Å². The third-order valence-corrected chi connectivity index (χ3v) is 7.69. The Kier molecular flexibility index (Phi) is 6.93. The molecule has 2 aliphatic heterocycles. The zero-order valence-electron chi connectivity index (χ0n) is 21.9. The number of carbonyl (C=O) groups is 1. The van der Waals surface area contributed by atoms with Crippen LogP contribution in [0.1, 0.15) is 67.0 Å². The predicted molar refractivity (Wildman–Crippen MR) is 143 cm³/mol. The molecule has 2 aromatic heterocycles. The van der Waals surface area contributed by atoms with E-state index in [0.717, 1.165) is 44.3 Å². The van der Waals surface area contributed by atoms with Crippen molar-refractivity contribution in [2.75, 3.05) is 31.1 Å². The highest BCUT2D eigenvalue weighted by atomic mass is 19.1. The molecule has 2 aromatic carbocycles. The van der Waals surface area contributed by atoms with Crippen molar-refractivity contribution in [3.8, 4) is 11.1 Å². The lowest BCUT2D eigenvalue weighted by atomic mass is 9.96. The van der Waals surface area contributed by atoms with Gasteiger partial charge in [0, 0.05) is 49.5 Å². The first-order chi connectivity index (χ1) is 19.0. The van der Waals surface area contributed by atoms with E-state index in [1.807, 2.05) is 0 Å². The summed E-state index contributed by atoms with van der Waals surface area (Å²) >= 11 is 0. The summed E-state index contributed by atoms with van der Waals surface area (Å²) in [7, 11) is 0. The first kappa shape index (κ1) is 25.3. The lowest BCUT2D eigenvalue weighted by Crippen LogP contribution is -2.33. The number of carbonyl (C=O) groups excluding carboxylic acids is 1. The molecule has 0 spiro atoms. The van der Waals surface area contributed by atoms with Crippen LogP contribution in [-0.4, -0.2) is 57.1 Å². The van der Waals surface area contributed by atoms with Gasteiger partial charge in [0.1, 0.15) is 23.8 Å². The summed E-state index contributed by atoms with van der Waals surface area (Å²) < 4.78 is 35.6. The van der Waals surface area contributed by atoms with Crippen molar-refractivity contribution in [2.45, 2.75) is 51.4 Å². The van der Waals surface area contributed by atoms with Crippen LogP contribution in [0.5, 0.6) is 0 Å². The second-order valence-electron chi connectivity index (χ2n) is 10.3. The van der Waals surface area contributed by atoms with E-state index in [2.05, 4.69) is 31.9 Å². The maximum absolute atomic E-state index is 15.1. The molecule has 4 heterocycles. The first-order valence-corrected chi connectivity index (χ1v) is 13.6. The Bertz CT molecular complexity index is 1510. The molecule has 0 saturated carbocycles. The monoisotopic (exact) mass is 532 g/mol. The van der Waals surface area contributed by atoms with Gasteiger partial charge in [0.25, 0.3) is 5.91 Å². The minimum atomic E-state index is -0.624. The van der Waals surface area contributed by atoms with Crippen molar-refractivity contribution in [1.29, 1.82) is 0 Å². The number of benzene rings is 2. The number of aromatic nitrogens is 4. The maximum Gasteiger partial charge on any atom is 0.256 e. The normalized spacial score (nSPS) is 16.4. The number of hydrogen-bond acceptors (Lipinski definition) is 7. The van der Waals surface area contributed by atoms with Crippen molar-refractivity contribution >= 4 is 22.6 Å². The molecular formula is C29H30F2N6O2. The van der Waals surface area contributed by atoms with Crippen LogP contribution in [0.15, 0.2) is 41.2 Å². The number of nitrogens with zero attached hydrogens (tertiary/aromatic N) is 6. The van der Waals surface area contributed by atoms with Crippen LogP contribution < -0.4 is 4.90 Å². The first-order valence-electron chi connectivity index (χ1n) is 13.6. The Balaban J connectivity index is 1.27. The SMILES string of the molecule is CCCc1noc(C2CCN(c3ncnc4c(-c5ccc(C(=O)N6CCCC6)c(F)c5)cc(F)cc34)CC2)n1. The zero-order valence-corrected chi connectivity index (χ0v) is 21.9. The quantitative estimate of drug-likeness (QED) is 0.323. The lowest BCUT2D eigenvalue weighted by Gasteiger charge is -2.32. The Morgan fingerprint density at radius 3 is 2.59 bits per heavy atom. The third kappa shape index (κ3) is 4.95. The minimum absolute atomic E-state index is 0.0302. The molecule has 39 heavy (non-hydrogen) atoms. The Labute approximate surface area is 225 Å². The second kappa shape index (κ2) is 10.7. The summed E-state index contributed by atoms with van der Waals surface area (Å²) in [5.74, 6) is 0.826. The molecule has 8 nitrogen and oxygen atoms in total. The van der Waals surface area contributed by atoms with Gasteiger partial charge in [-0.1, -0.05) is 18.1 Å². The van der Waals surface area contributed by atoms with Gasteiger partial charge in [0.2, 0.25) is 5.89 Å². The van der Waals surface area contributed by atoms with Crippen LogP contribution in [-0.2, 0) is 6.42 Å². The second-order valence-corrected chi connectivity index (χ2v) is 10.3. The standard InChI is InChI=1S/C29H30F2N6O2/c1-2-5-25-34-28(39-35-25)18-8-12-36(13-9-18)27-23-16-20(30)15-22(26(23)32-17-33-27)19-6-7-21(24(31)14-19)29(38)37-10-3-4-11-37/h6-7,14-18H,2-5,8-13H2,1H3. The molecule has 0 radical (unpaired) electrons. The van der Waals surface area contributed by atoms with Crippen LogP contribution in [0.3, 0.4) is 0 Å². The van der Waals surface area contributed by atoms with E-state index < -0.39 is 11.6 Å². The largest absolute Gasteiger partial charge is 0.356 e. The van der Waals surface area contributed by atoms with E-state index in [9.17, 15) is 9.18 Å². The molecule has 1 amide bonds. The van der Waals surface area contributed by atoms with E-state index in [-0.39, 0.29) is 17.4 Å². The number of anilines is 1. The number of halogens is 2. The number of rotatable bonds is 6. The van der Waals surface area contributed by atoms with Gasteiger partial charge in [-0.15, -0.1) is 0 Å². The average Bonchev–Trinajstić information content (AvgIpc) is 3.65. The van der Waals surface area contributed by atoms with Gasteiger partial charge in [0.15, 0.2) is 5.82 Å².